The predicted octanol–water partition coefficient (Wildman–Crippen LogP) is 3.05. The van der Waals surface area contributed by atoms with Gasteiger partial charge in [0.15, 0.2) is 0 Å². The highest BCUT2D eigenvalue weighted by molar-refractivity contribution is 14.1. The monoisotopic (exact) mass is 620 g/mol. The number of aliphatic hydroxyl groups excluding tert-OH is 3. The smallest absolute Gasteiger partial charge is 0.261 e. The van der Waals surface area contributed by atoms with Gasteiger partial charge in [-0.15, -0.1) is 0 Å². The van der Waals surface area contributed by atoms with Gasteiger partial charge >= 0.3 is 0 Å². The molecule has 5 unspecified atom stereocenters. The molecule has 36 heavy (non-hydrogen) atoms. The van der Waals surface area contributed by atoms with Gasteiger partial charge in [-0.2, -0.15) is 0 Å². The van der Waals surface area contributed by atoms with Crippen LogP contribution in [0.1, 0.15) is 20.8 Å². The van der Waals surface area contributed by atoms with Crippen molar-refractivity contribution in [3.05, 3.63) is 88.5 Å². The van der Waals surface area contributed by atoms with Gasteiger partial charge < -0.3 is 29.2 Å². The molecule has 3 N–H and O–H groups in total. The minimum atomic E-state index is -2.88. The van der Waals surface area contributed by atoms with Gasteiger partial charge in [0, 0.05) is 3.57 Å². The SMILES string of the molecule is CC(C)(C)[Si](OCC1OC(Oc2ccc(I)cc2)C(O)C(O)C1O)(c1ccccc1)c1ccccc1. The van der Waals surface area contributed by atoms with E-state index in [9.17, 15) is 15.3 Å². The molecule has 0 bridgehead atoms. The molecule has 192 valence electrons. The third kappa shape index (κ3) is 5.55. The van der Waals surface area contributed by atoms with Crippen molar-refractivity contribution in [3.63, 3.8) is 0 Å². The van der Waals surface area contributed by atoms with Crippen molar-refractivity contribution >= 4 is 41.3 Å². The molecular weight excluding hydrogens is 587 g/mol. The molecule has 0 aromatic heterocycles. The van der Waals surface area contributed by atoms with Crippen LogP contribution in [0.15, 0.2) is 84.9 Å². The van der Waals surface area contributed by atoms with Crippen LogP contribution in [0.5, 0.6) is 5.75 Å². The summed E-state index contributed by atoms with van der Waals surface area (Å²) in [6.45, 7) is 6.51. The summed E-state index contributed by atoms with van der Waals surface area (Å²) in [4.78, 5) is 0. The highest BCUT2D eigenvalue weighted by Gasteiger charge is 2.52. The number of ether oxygens (including phenoxy) is 2. The van der Waals surface area contributed by atoms with Gasteiger partial charge in [-0.1, -0.05) is 81.4 Å². The molecule has 3 aromatic carbocycles. The van der Waals surface area contributed by atoms with Crippen molar-refractivity contribution in [1.29, 1.82) is 0 Å². The molecule has 1 fully saturated rings. The minimum absolute atomic E-state index is 0.0186. The van der Waals surface area contributed by atoms with E-state index in [0.29, 0.717) is 5.75 Å². The summed E-state index contributed by atoms with van der Waals surface area (Å²) < 4.78 is 19.8. The minimum Gasteiger partial charge on any atom is -0.462 e. The van der Waals surface area contributed by atoms with E-state index >= 15 is 0 Å². The van der Waals surface area contributed by atoms with Crippen LogP contribution in [0, 0.1) is 3.57 Å². The van der Waals surface area contributed by atoms with E-state index < -0.39 is 39.0 Å². The third-order valence-electron chi connectivity index (χ3n) is 6.62. The molecule has 1 aliphatic rings. The first-order valence-electron chi connectivity index (χ1n) is 12.0. The first-order valence-corrected chi connectivity index (χ1v) is 15.0. The van der Waals surface area contributed by atoms with Gasteiger partial charge in [0.25, 0.3) is 8.32 Å². The molecule has 1 aliphatic heterocycles. The topological polar surface area (TPSA) is 88.4 Å². The summed E-state index contributed by atoms with van der Waals surface area (Å²) in [5.74, 6) is 0.495. The normalized spacial score (nSPS) is 24.9. The molecule has 5 atom stereocenters. The Morgan fingerprint density at radius 3 is 1.81 bits per heavy atom. The van der Waals surface area contributed by atoms with Crippen LogP contribution in [0.2, 0.25) is 5.04 Å². The van der Waals surface area contributed by atoms with Crippen LogP contribution in [0.3, 0.4) is 0 Å². The van der Waals surface area contributed by atoms with Gasteiger partial charge in [0.05, 0.1) is 6.61 Å². The summed E-state index contributed by atoms with van der Waals surface area (Å²) >= 11 is 2.19. The van der Waals surface area contributed by atoms with Crippen molar-refractivity contribution in [2.45, 2.75) is 56.5 Å². The van der Waals surface area contributed by atoms with E-state index in [1.54, 1.807) is 12.1 Å². The molecule has 3 aromatic rings. The maximum absolute atomic E-state index is 10.8. The lowest BCUT2D eigenvalue weighted by Gasteiger charge is -2.45. The molecule has 8 heteroatoms. The highest BCUT2D eigenvalue weighted by atomic mass is 127. The van der Waals surface area contributed by atoms with Crippen LogP contribution in [-0.4, -0.2) is 60.9 Å². The summed E-state index contributed by atoms with van der Waals surface area (Å²) in [5.41, 5.74) is 0. The zero-order chi connectivity index (χ0) is 25.9. The van der Waals surface area contributed by atoms with E-state index in [1.807, 2.05) is 48.5 Å². The van der Waals surface area contributed by atoms with E-state index in [0.717, 1.165) is 13.9 Å². The quantitative estimate of drug-likeness (QED) is 0.278. The second-order valence-corrected chi connectivity index (χ2v) is 15.6. The average Bonchev–Trinajstić information content (AvgIpc) is 2.87. The fourth-order valence-corrected chi connectivity index (χ4v) is 9.70. The van der Waals surface area contributed by atoms with E-state index in [4.69, 9.17) is 13.9 Å². The number of benzene rings is 3. The van der Waals surface area contributed by atoms with Crippen molar-refractivity contribution in [2.24, 2.45) is 0 Å². The Bertz CT molecular complexity index is 1070. The molecule has 0 spiro atoms. The molecule has 1 heterocycles. The van der Waals surface area contributed by atoms with E-state index in [1.165, 1.54) is 0 Å². The van der Waals surface area contributed by atoms with Crippen molar-refractivity contribution in [3.8, 4) is 5.75 Å². The zero-order valence-electron chi connectivity index (χ0n) is 20.6. The van der Waals surface area contributed by atoms with Gasteiger partial charge in [0.2, 0.25) is 6.29 Å². The molecule has 0 saturated carbocycles. The summed E-state index contributed by atoms with van der Waals surface area (Å²) in [7, 11) is -2.88. The Morgan fingerprint density at radius 1 is 0.778 bits per heavy atom. The summed E-state index contributed by atoms with van der Waals surface area (Å²) in [6, 6.07) is 27.6. The van der Waals surface area contributed by atoms with Gasteiger partial charge in [0.1, 0.15) is 30.2 Å². The van der Waals surface area contributed by atoms with Gasteiger partial charge in [-0.05, 0) is 62.3 Å². The second-order valence-electron chi connectivity index (χ2n) is 10.1. The fraction of sp³-hybridized carbons (Fsp3) is 0.357. The number of rotatable bonds is 7. The number of hydrogen-bond acceptors (Lipinski definition) is 6. The van der Waals surface area contributed by atoms with Crippen molar-refractivity contribution < 1.29 is 29.2 Å². The molecule has 0 radical (unpaired) electrons. The predicted molar refractivity (Wildman–Crippen MR) is 150 cm³/mol. The largest absolute Gasteiger partial charge is 0.462 e. The van der Waals surface area contributed by atoms with Crippen molar-refractivity contribution in [1.82, 2.24) is 0 Å². The Labute approximate surface area is 227 Å². The van der Waals surface area contributed by atoms with Gasteiger partial charge in [-0.25, -0.2) is 0 Å². The van der Waals surface area contributed by atoms with Crippen LogP contribution in [0.25, 0.3) is 0 Å². The molecule has 0 amide bonds. The Morgan fingerprint density at radius 2 is 1.31 bits per heavy atom. The first kappa shape index (κ1) is 27.2. The lowest BCUT2D eigenvalue weighted by molar-refractivity contribution is -0.276. The lowest BCUT2D eigenvalue weighted by Crippen LogP contribution is -2.68. The third-order valence-corrected chi connectivity index (χ3v) is 12.3. The molecule has 1 saturated heterocycles. The zero-order valence-corrected chi connectivity index (χ0v) is 23.8. The number of halogens is 1. The first-order chi connectivity index (χ1) is 17.1. The van der Waals surface area contributed by atoms with Crippen LogP contribution < -0.4 is 15.1 Å². The Hall–Kier alpha value is -1.79. The fourth-order valence-electron chi connectivity index (χ4n) is 4.77. The Kier molecular flexibility index (Phi) is 8.55. The van der Waals surface area contributed by atoms with E-state index in [-0.39, 0.29) is 11.6 Å². The highest BCUT2D eigenvalue weighted by Crippen LogP contribution is 2.37. The molecular formula is C28H33IO6Si. The van der Waals surface area contributed by atoms with Crippen molar-refractivity contribution in [2.75, 3.05) is 6.61 Å². The lowest BCUT2D eigenvalue weighted by atomic mass is 9.99. The van der Waals surface area contributed by atoms with E-state index in [2.05, 4.69) is 67.6 Å². The number of aliphatic hydroxyl groups is 3. The van der Waals surface area contributed by atoms with Crippen LogP contribution in [0.4, 0.5) is 0 Å². The maximum Gasteiger partial charge on any atom is 0.261 e. The summed E-state index contributed by atoms with van der Waals surface area (Å²) in [6.07, 6.45) is -6.26. The summed E-state index contributed by atoms with van der Waals surface area (Å²) in [5, 5.41) is 33.9. The Balaban J connectivity index is 1.64. The molecule has 0 aliphatic carbocycles. The standard InChI is InChI=1S/C28H33IO6Si/c1-28(2,3)36(21-10-6-4-7-11-21,22-12-8-5-9-13-22)33-18-23-24(30)25(31)26(32)27(35-23)34-20-16-14-19(29)15-17-20/h4-17,23-27,30-32H,18H2,1-3H3. The maximum atomic E-state index is 10.8. The molecule has 4 rings (SSSR count). The van der Waals surface area contributed by atoms with Crippen LogP contribution >= 0.6 is 22.6 Å². The van der Waals surface area contributed by atoms with Crippen LogP contribution in [-0.2, 0) is 9.16 Å². The number of hydrogen-bond donors (Lipinski definition) is 3. The average molecular weight is 621 g/mol. The molecule has 6 nitrogen and oxygen atoms in total. The van der Waals surface area contributed by atoms with Gasteiger partial charge in [-0.3, -0.25) is 0 Å². The second kappa shape index (κ2) is 11.3.